The minimum Gasteiger partial charge on any atom is -0.246 e. The maximum absolute atomic E-state index is 12.2. The van der Waals surface area contributed by atoms with Crippen molar-refractivity contribution < 1.29 is 8.42 Å². The lowest BCUT2D eigenvalue weighted by Crippen LogP contribution is -2.14. The molecule has 1 aromatic heterocycles. The Bertz CT molecular complexity index is 938. The zero-order valence-corrected chi connectivity index (χ0v) is 14.6. The smallest absolute Gasteiger partial charge is 0.246 e. The molecule has 6 nitrogen and oxygen atoms in total. The predicted octanol–water partition coefficient (Wildman–Crippen LogP) is 3.43. The van der Waals surface area contributed by atoms with Crippen LogP contribution in [0, 0.1) is 0 Å². The van der Waals surface area contributed by atoms with Crippen LogP contribution >= 0.6 is 23.2 Å². The molecule has 0 amide bonds. The molecule has 24 heavy (non-hydrogen) atoms. The van der Waals surface area contributed by atoms with Crippen LogP contribution in [-0.4, -0.2) is 23.2 Å². The van der Waals surface area contributed by atoms with Crippen molar-refractivity contribution >= 4 is 39.2 Å². The quantitative estimate of drug-likeness (QED) is 0.732. The average molecular weight is 383 g/mol. The number of halogens is 2. The van der Waals surface area contributed by atoms with Gasteiger partial charge in [-0.15, -0.1) is 5.10 Å². The van der Waals surface area contributed by atoms with Gasteiger partial charge in [-0.1, -0.05) is 47.5 Å². The highest BCUT2D eigenvalue weighted by atomic mass is 35.5. The molecule has 0 aliphatic carbocycles. The van der Waals surface area contributed by atoms with Crippen LogP contribution in [0.25, 0.3) is 0 Å². The number of nitrogens with zero attached hydrogens (tertiary/aromatic N) is 3. The summed E-state index contributed by atoms with van der Waals surface area (Å²) in [5.41, 5.74) is 0.684. The third-order valence-corrected chi connectivity index (χ3v) is 5.25. The van der Waals surface area contributed by atoms with Crippen LogP contribution in [-0.2, 0) is 16.6 Å². The Morgan fingerprint density at radius 3 is 2.33 bits per heavy atom. The molecule has 0 unspecified atom stereocenters. The molecule has 2 aromatic carbocycles. The van der Waals surface area contributed by atoms with Gasteiger partial charge < -0.3 is 0 Å². The lowest BCUT2D eigenvalue weighted by atomic mass is 10.2. The Hall–Kier alpha value is -2.09. The number of hydrogen-bond acceptors (Lipinski definition) is 4. The first-order chi connectivity index (χ1) is 11.5. The first-order valence-corrected chi connectivity index (χ1v) is 9.10. The third kappa shape index (κ3) is 3.69. The van der Waals surface area contributed by atoms with Gasteiger partial charge in [-0.2, -0.15) is 4.98 Å². The van der Waals surface area contributed by atoms with E-state index < -0.39 is 10.0 Å². The van der Waals surface area contributed by atoms with Crippen LogP contribution in [0.15, 0.2) is 59.8 Å². The second-order valence-electron chi connectivity index (χ2n) is 4.88. The van der Waals surface area contributed by atoms with E-state index in [1.165, 1.54) is 23.1 Å². The van der Waals surface area contributed by atoms with E-state index in [2.05, 4.69) is 14.8 Å². The lowest BCUT2D eigenvalue weighted by Gasteiger charge is -2.06. The molecule has 0 radical (unpaired) electrons. The van der Waals surface area contributed by atoms with E-state index in [1.807, 2.05) is 0 Å². The van der Waals surface area contributed by atoms with E-state index in [9.17, 15) is 8.42 Å². The molecule has 0 saturated carbocycles. The topological polar surface area (TPSA) is 76.9 Å². The van der Waals surface area contributed by atoms with Crippen molar-refractivity contribution in [3.63, 3.8) is 0 Å². The molecule has 1 N–H and O–H groups in total. The molecule has 124 valence electrons. The van der Waals surface area contributed by atoms with Gasteiger partial charge in [0, 0.05) is 15.6 Å². The average Bonchev–Trinajstić information content (AvgIpc) is 2.98. The van der Waals surface area contributed by atoms with Gasteiger partial charge >= 0.3 is 0 Å². The molecule has 0 atom stereocenters. The van der Waals surface area contributed by atoms with E-state index >= 15 is 0 Å². The zero-order valence-electron chi connectivity index (χ0n) is 12.2. The fraction of sp³-hybridized carbons (Fsp3) is 0.0667. The Balaban J connectivity index is 1.79. The SMILES string of the molecule is O=S(=O)(Nc1ncn(Cc2c(Cl)cccc2Cl)n1)c1ccccc1. The highest BCUT2D eigenvalue weighted by molar-refractivity contribution is 7.92. The van der Waals surface area contributed by atoms with E-state index in [-0.39, 0.29) is 17.4 Å². The normalized spacial score (nSPS) is 11.4. The standard InChI is InChI=1S/C15H12Cl2N4O2S/c16-13-7-4-8-14(17)12(13)9-21-10-18-15(19-21)20-24(22,23)11-5-2-1-3-6-11/h1-8,10H,9H2,(H,19,20). The molecule has 0 aliphatic heterocycles. The van der Waals surface area contributed by atoms with Gasteiger partial charge in [-0.05, 0) is 24.3 Å². The van der Waals surface area contributed by atoms with Crippen LogP contribution in [0.4, 0.5) is 5.95 Å². The maximum Gasteiger partial charge on any atom is 0.264 e. The molecule has 0 saturated heterocycles. The summed E-state index contributed by atoms with van der Waals surface area (Å²) in [5, 5.41) is 5.10. The van der Waals surface area contributed by atoms with Crippen molar-refractivity contribution in [2.24, 2.45) is 0 Å². The van der Waals surface area contributed by atoms with Crippen molar-refractivity contribution in [1.82, 2.24) is 14.8 Å². The summed E-state index contributed by atoms with van der Waals surface area (Å²) in [6, 6.07) is 13.2. The van der Waals surface area contributed by atoms with E-state index in [0.717, 1.165) is 0 Å². The largest absolute Gasteiger partial charge is 0.264 e. The van der Waals surface area contributed by atoms with E-state index in [0.29, 0.717) is 15.6 Å². The monoisotopic (exact) mass is 382 g/mol. The minimum atomic E-state index is -3.73. The molecule has 9 heteroatoms. The number of anilines is 1. The van der Waals surface area contributed by atoms with Crippen molar-refractivity contribution in [2.45, 2.75) is 11.4 Å². The van der Waals surface area contributed by atoms with Crippen molar-refractivity contribution in [3.05, 3.63) is 70.5 Å². The number of nitrogens with one attached hydrogen (secondary N) is 1. The first-order valence-electron chi connectivity index (χ1n) is 6.86. The summed E-state index contributed by atoms with van der Waals surface area (Å²) < 4.78 is 28.3. The van der Waals surface area contributed by atoms with Crippen molar-refractivity contribution in [3.8, 4) is 0 Å². The fourth-order valence-electron chi connectivity index (χ4n) is 2.04. The molecular weight excluding hydrogens is 371 g/mol. The van der Waals surface area contributed by atoms with Crippen molar-refractivity contribution in [2.75, 3.05) is 4.72 Å². The Morgan fingerprint density at radius 1 is 1.00 bits per heavy atom. The Morgan fingerprint density at radius 2 is 1.67 bits per heavy atom. The summed E-state index contributed by atoms with van der Waals surface area (Å²) in [7, 11) is -3.73. The van der Waals surface area contributed by atoms with Crippen LogP contribution in [0.1, 0.15) is 5.56 Å². The summed E-state index contributed by atoms with van der Waals surface area (Å²) in [6.07, 6.45) is 1.41. The second kappa shape index (κ2) is 6.80. The zero-order chi connectivity index (χ0) is 17.2. The molecule has 0 aliphatic rings. The summed E-state index contributed by atoms with van der Waals surface area (Å²) >= 11 is 12.2. The molecule has 3 rings (SSSR count). The molecular formula is C15H12Cl2N4O2S. The predicted molar refractivity (Wildman–Crippen MR) is 92.8 cm³/mol. The maximum atomic E-state index is 12.2. The number of benzene rings is 2. The van der Waals surface area contributed by atoms with Gasteiger partial charge in [0.2, 0.25) is 0 Å². The van der Waals surface area contributed by atoms with Gasteiger partial charge in [0.15, 0.2) is 0 Å². The Kier molecular flexibility index (Phi) is 4.75. The first kappa shape index (κ1) is 16.8. The lowest BCUT2D eigenvalue weighted by molar-refractivity contribution is 0.600. The minimum absolute atomic E-state index is 0.0259. The number of aromatic nitrogens is 3. The van der Waals surface area contributed by atoms with Gasteiger partial charge in [-0.3, -0.25) is 0 Å². The molecule has 1 heterocycles. The summed E-state index contributed by atoms with van der Waals surface area (Å²) in [5.74, 6) is -0.0259. The van der Waals surface area contributed by atoms with Crippen LogP contribution in [0.5, 0.6) is 0 Å². The van der Waals surface area contributed by atoms with E-state index in [4.69, 9.17) is 23.2 Å². The molecule has 0 spiro atoms. The number of rotatable bonds is 5. The third-order valence-electron chi connectivity index (χ3n) is 3.20. The van der Waals surface area contributed by atoms with E-state index in [1.54, 1.807) is 36.4 Å². The number of sulfonamides is 1. The van der Waals surface area contributed by atoms with Gasteiger partial charge in [0.25, 0.3) is 16.0 Å². The molecule has 0 fully saturated rings. The highest BCUT2D eigenvalue weighted by Gasteiger charge is 2.16. The highest BCUT2D eigenvalue weighted by Crippen LogP contribution is 2.25. The number of hydrogen-bond donors (Lipinski definition) is 1. The summed E-state index contributed by atoms with van der Waals surface area (Å²) in [4.78, 5) is 4.09. The molecule has 3 aromatic rings. The molecule has 0 bridgehead atoms. The second-order valence-corrected chi connectivity index (χ2v) is 7.38. The van der Waals surface area contributed by atoms with Crippen LogP contribution in [0.3, 0.4) is 0 Å². The van der Waals surface area contributed by atoms with Crippen molar-refractivity contribution in [1.29, 1.82) is 0 Å². The van der Waals surface area contributed by atoms with Crippen LogP contribution in [0.2, 0.25) is 10.0 Å². The fourth-order valence-corrected chi connectivity index (χ4v) is 3.53. The van der Waals surface area contributed by atoms with Crippen LogP contribution < -0.4 is 4.72 Å². The Labute approximate surface area is 149 Å². The van der Waals surface area contributed by atoms with Gasteiger partial charge in [0.05, 0.1) is 11.4 Å². The van der Waals surface area contributed by atoms with Gasteiger partial charge in [-0.25, -0.2) is 17.8 Å². The van der Waals surface area contributed by atoms with Gasteiger partial charge in [0.1, 0.15) is 6.33 Å². The summed E-state index contributed by atoms with van der Waals surface area (Å²) in [6.45, 7) is 0.276.